The second-order valence-corrected chi connectivity index (χ2v) is 6.55. The molecule has 29 heavy (non-hydrogen) atoms. The zero-order valence-corrected chi connectivity index (χ0v) is 16.2. The molecule has 5 heteroatoms. The van der Waals surface area contributed by atoms with E-state index in [0.29, 0.717) is 17.9 Å². The summed E-state index contributed by atoms with van der Waals surface area (Å²) in [7, 11) is 0. The highest BCUT2D eigenvalue weighted by molar-refractivity contribution is 5.93. The van der Waals surface area contributed by atoms with Crippen molar-refractivity contribution in [1.82, 2.24) is 0 Å². The van der Waals surface area contributed by atoms with Crippen molar-refractivity contribution in [3.63, 3.8) is 0 Å². The highest BCUT2D eigenvalue weighted by Crippen LogP contribution is 2.19. The molecule has 0 aliphatic carbocycles. The SMILES string of the molecule is C[C@H](Oc1ccccc1)C(=O)OCC(=O)Nc1ccccc1Cc1ccccc1. The Balaban J connectivity index is 1.52. The van der Waals surface area contributed by atoms with E-state index in [1.807, 2.05) is 72.8 Å². The molecule has 0 unspecified atom stereocenters. The van der Waals surface area contributed by atoms with Crippen molar-refractivity contribution < 1.29 is 19.1 Å². The molecule has 1 atom stereocenters. The number of benzene rings is 3. The summed E-state index contributed by atoms with van der Waals surface area (Å²) in [6.45, 7) is 1.21. The van der Waals surface area contributed by atoms with Crippen LogP contribution in [0.4, 0.5) is 5.69 Å². The Morgan fingerprint density at radius 3 is 2.21 bits per heavy atom. The Morgan fingerprint density at radius 2 is 1.48 bits per heavy atom. The van der Waals surface area contributed by atoms with Crippen LogP contribution in [0, 0.1) is 0 Å². The monoisotopic (exact) mass is 389 g/mol. The first kappa shape index (κ1) is 20.1. The van der Waals surface area contributed by atoms with Gasteiger partial charge in [0, 0.05) is 5.69 Å². The third-order valence-corrected chi connectivity index (χ3v) is 4.26. The normalized spacial score (nSPS) is 11.3. The standard InChI is InChI=1S/C24H23NO4/c1-18(29-21-13-6-3-7-14-21)24(27)28-17-23(26)25-22-15-9-8-12-20(22)16-19-10-4-2-5-11-19/h2-15,18H,16-17H2,1H3,(H,25,26)/t18-/m0/s1. The molecule has 0 aliphatic heterocycles. The molecule has 0 saturated carbocycles. The molecule has 0 fully saturated rings. The van der Waals surface area contributed by atoms with Crippen LogP contribution >= 0.6 is 0 Å². The number of nitrogens with one attached hydrogen (secondary N) is 1. The molecule has 1 amide bonds. The van der Waals surface area contributed by atoms with E-state index in [2.05, 4.69) is 5.32 Å². The Kier molecular flexibility index (Phi) is 7.00. The lowest BCUT2D eigenvalue weighted by Crippen LogP contribution is -2.29. The van der Waals surface area contributed by atoms with Crippen LogP contribution in [0.5, 0.6) is 5.75 Å². The Morgan fingerprint density at radius 1 is 0.862 bits per heavy atom. The van der Waals surface area contributed by atoms with Crippen molar-refractivity contribution in [2.24, 2.45) is 0 Å². The highest BCUT2D eigenvalue weighted by atomic mass is 16.6. The predicted octanol–water partition coefficient (Wildman–Crippen LogP) is 4.23. The number of para-hydroxylation sites is 2. The van der Waals surface area contributed by atoms with Gasteiger partial charge in [-0.05, 0) is 42.7 Å². The van der Waals surface area contributed by atoms with E-state index in [-0.39, 0.29) is 6.61 Å². The van der Waals surface area contributed by atoms with E-state index in [1.54, 1.807) is 19.1 Å². The summed E-state index contributed by atoms with van der Waals surface area (Å²) in [5, 5.41) is 2.82. The van der Waals surface area contributed by atoms with Crippen LogP contribution in [-0.4, -0.2) is 24.6 Å². The Hall–Kier alpha value is -3.60. The topological polar surface area (TPSA) is 64.6 Å². The average Bonchev–Trinajstić information content (AvgIpc) is 2.75. The molecule has 0 radical (unpaired) electrons. The fraction of sp³-hybridized carbons (Fsp3) is 0.167. The van der Waals surface area contributed by atoms with Crippen LogP contribution in [0.3, 0.4) is 0 Å². The van der Waals surface area contributed by atoms with Gasteiger partial charge in [-0.3, -0.25) is 4.79 Å². The molecule has 1 N–H and O–H groups in total. The molecular formula is C24H23NO4. The molecule has 0 heterocycles. The van der Waals surface area contributed by atoms with E-state index >= 15 is 0 Å². The van der Waals surface area contributed by atoms with Gasteiger partial charge in [0.1, 0.15) is 5.75 Å². The van der Waals surface area contributed by atoms with Gasteiger partial charge < -0.3 is 14.8 Å². The van der Waals surface area contributed by atoms with Gasteiger partial charge in [0.25, 0.3) is 5.91 Å². The van der Waals surface area contributed by atoms with Gasteiger partial charge in [-0.25, -0.2) is 4.79 Å². The lowest BCUT2D eigenvalue weighted by atomic mass is 10.0. The number of amides is 1. The number of hydrogen-bond donors (Lipinski definition) is 1. The summed E-state index contributed by atoms with van der Waals surface area (Å²) < 4.78 is 10.6. The molecule has 0 aromatic heterocycles. The number of esters is 1. The highest BCUT2D eigenvalue weighted by Gasteiger charge is 2.18. The summed E-state index contributed by atoms with van der Waals surface area (Å²) >= 11 is 0. The first-order valence-corrected chi connectivity index (χ1v) is 9.42. The van der Waals surface area contributed by atoms with Gasteiger partial charge in [0.05, 0.1) is 0 Å². The molecule has 3 rings (SSSR count). The van der Waals surface area contributed by atoms with Crippen LogP contribution < -0.4 is 10.1 Å². The number of carbonyl (C=O) groups is 2. The molecule has 0 spiro atoms. The van der Waals surface area contributed by atoms with Gasteiger partial charge in [-0.15, -0.1) is 0 Å². The minimum absolute atomic E-state index is 0.374. The minimum Gasteiger partial charge on any atom is -0.479 e. The molecule has 0 aliphatic rings. The Bertz CT molecular complexity index is 941. The zero-order valence-electron chi connectivity index (χ0n) is 16.2. The molecule has 0 bridgehead atoms. The first-order chi connectivity index (χ1) is 14.1. The van der Waals surface area contributed by atoms with Crippen LogP contribution in [0.2, 0.25) is 0 Å². The maximum absolute atomic E-state index is 12.3. The average molecular weight is 389 g/mol. The predicted molar refractivity (Wildman–Crippen MR) is 112 cm³/mol. The molecule has 0 saturated heterocycles. The summed E-state index contributed by atoms with van der Waals surface area (Å²) in [6.07, 6.45) is -0.116. The molecule has 3 aromatic rings. The number of ether oxygens (including phenoxy) is 2. The van der Waals surface area contributed by atoms with E-state index in [1.165, 1.54) is 0 Å². The summed E-state index contributed by atoms with van der Waals surface area (Å²) in [4.78, 5) is 24.4. The van der Waals surface area contributed by atoms with Gasteiger partial charge in [0.15, 0.2) is 12.7 Å². The molecule has 148 valence electrons. The van der Waals surface area contributed by atoms with E-state index in [9.17, 15) is 9.59 Å². The fourth-order valence-electron chi connectivity index (χ4n) is 2.80. The summed E-state index contributed by atoms with van der Waals surface area (Å²) in [5.74, 6) is -0.427. The van der Waals surface area contributed by atoms with Crippen molar-refractivity contribution in [3.05, 3.63) is 96.1 Å². The lowest BCUT2D eigenvalue weighted by Gasteiger charge is -2.14. The number of carbonyl (C=O) groups excluding carboxylic acids is 2. The van der Waals surface area contributed by atoms with Gasteiger partial charge >= 0.3 is 5.97 Å². The van der Waals surface area contributed by atoms with Crippen LogP contribution in [0.25, 0.3) is 0 Å². The Labute approximate surface area is 170 Å². The molecule has 5 nitrogen and oxygen atoms in total. The largest absolute Gasteiger partial charge is 0.479 e. The van der Waals surface area contributed by atoms with Crippen molar-refractivity contribution in [2.45, 2.75) is 19.4 Å². The summed E-state index contributed by atoms with van der Waals surface area (Å²) in [6, 6.07) is 26.6. The van der Waals surface area contributed by atoms with Crippen LogP contribution in [0.1, 0.15) is 18.1 Å². The van der Waals surface area contributed by atoms with Crippen LogP contribution in [0.15, 0.2) is 84.9 Å². The van der Waals surface area contributed by atoms with Gasteiger partial charge in [-0.2, -0.15) is 0 Å². The minimum atomic E-state index is -0.810. The van der Waals surface area contributed by atoms with E-state index in [0.717, 1.165) is 11.1 Å². The van der Waals surface area contributed by atoms with Crippen molar-refractivity contribution in [2.75, 3.05) is 11.9 Å². The number of rotatable bonds is 8. The fourth-order valence-corrected chi connectivity index (χ4v) is 2.80. The quantitative estimate of drug-likeness (QED) is 0.586. The first-order valence-electron chi connectivity index (χ1n) is 9.42. The maximum atomic E-state index is 12.3. The second-order valence-electron chi connectivity index (χ2n) is 6.55. The van der Waals surface area contributed by atoms with Crippen molar-refractivity contribution in [1.29, 1.82) is 0 Å². The van der Waals surface area contributed by atoms with Crippen LogP contribution in [-0.2, 0) is 20.7 Å². The van der Waals surface area contributed by atoms with E-state index < -0.39 is 18.0 Å². The smallest absolute Gasteiger partial charge is 0.347 e. The third kappa shape index (κ3) is 6.21. The van der Waals surface area contributed by atoms with Gasteiger partial charge in [-0.1, -0.05) is 66.7 Å². The second kappa shape index (κ2) is 10.1. The van der Waals surface area contributed by atoms with E-state index in [4.69, 9.17) is 9.47 Å². The van der Waals surface area contributed by atoms with Crippen molar-refractivity contribution in [3.8, 4) is 5.75 Å². The van der Waals surface area contributed by atoms with Crippen molar-refractivity contribution >= 4 is 17.6 Å². The number of anilines is 1. The molecule has 3 aromatic carbocycles. The molecular weight excluding hydrogens is 366 g/mol. The lowest BCUT2D eigenvalue weighted by molar-refractivity contribution is -0.153. The third-order valence-electron chi connectivity index (χ3n) is 4.26. The zero-order chi connectivity index (χ0) is 20.5. The maximum Gasteiger partial charge on any atom is 0.347 e. The summed E-state index contributed by atoms with van der Waals surface area (Å²) in [5.41, 5.74) is 2.83. The number of hydrogen-bond acceptors (Lipinski definition) is 4. The van der Waals surface area contributed by atoms with Gasteiger partial charge in [0.2, 0.25) is 0 Å².